The number of hydrogen-bond donors (Lipinski definition) is 2. The summed E-state index contributed by atoms with van der Waals surface area (Å²) < 4.78 is 1.72. The number of carbonyl (C=O) groups is 1. The van der Waals surface area contributed by atoms with Gasteiger partial charge in [-0.3, -0.25) is 9.48 Å². The van der Waals surface area contributed by atoms with E-state index in [9.17, 15) is 4.79 Å². The predicted octanol–water partition coefficient (Wildman–Crippen LogP) is 1.30. The van der Waals surface area contributed by atoms with Gasteiger partial charge in [-0.25, -0.2) is 0 Å². The summed E-state index contributed by atoms with van der Waals surface area (Å²) in [5.74, 6) is -0.835. The highest BCUT2D eigenvalue weighted by Crippen LogP contribution is 2.13. The first-order chi connectivity index (χ1) is 7.56. The van der Waals surface area contributed by atoms with E-state index < -0.39 is 12.0 Å². The van der Waals surface area contributed by atoms with Gasteiger partial charge in [-0.1, -0.05) is 18.5 Å². The topological polar surface area (TPSA) is 67.2 Å². The Morgan fingerprint density at radius 3 is 2.88 bits per heavy atom. The van der Waals surface area contributed by atoms with Gasteiger partial charge in [0.2, 0.25) is 0 Å². The molecule has 1 aromatic heterocycles. The smallest absolute Gasteiger partial charge is 0.320 e. The molecule has 1 atom stereocenters. The number of hydrogen-bond acceptors (Lipinski definition) is 3. The molecule has 16 heavy (non-hydrogen) atoms. The molecule has 0 saturated heterocycles. The zero-order chi connectivity index (χ0) is 12.1. The number of rotatable bonds is 6. The second-order valence-corrected chi connectivity index (χ2v) is 3.95. The van der Waals surface area contributed by atoms with Gasteiger partial charge in [0, 0.05) is 6.54 Å². The number of aryl methyl sites for hydroxylation is 1. The molecule has 0 bridgehead atoms. The van der Waals surface area contributed by atoms with Crippen molar-refractivity contribution in [3.8, 4) is 0 Å². The molecule has 0 fully saturated rings. The number of nitrogens with zero attached hydrogens (tertiary/aromatic N) is 2. The lowest BCUT2D eigenvalue weighted by atomic mass is 10.2. The molecular formula is C10H16ClN3O2. The first kappa shape index (κ1) is 13.0. The van der Waals surface area contributed by atoms with Crippen molar-refractivity contribution in [2.45, 2.75) is 32.9 Å². The Bertz CT molecular complexity index is 365. The molecule has 5 nitrogen and oxygen atoms in total. The molecule has 0 aliphatic carbocycles. The van der Waals surface area contributed by atoms with Crippen LogP contribution < -0.4 is 5.32 Å². The van der Waals surface area contributed by atoms with Crippen LogP contribution in [0.25, 0.3) is 0 Å². The third-order valence-corrected chi connectivity index (χ3v) is 2.79. The van der Waals surface area contributed by atoms with Gasteiger partial charge in [-0.15, -0.1) is 0 Å². The molecule has 0 radical (unpaired) electrons. The van der Waals surface area contributed by atoms with E-state index in [1.807, 2.05) is 13.8 Å². The largest absolute Gasteiger partial charge is 0.480 e. The lowest BCUT2D eigenvalue weighted by Gasteiger charge is -2.13. The molecule has 0 amide bonds. The van der Waals surface area contributed by atoms with Crippen molar-refractivity contribution < 1.29 is 9.90 Å². The Balaban J connectivity index is 2.55. The van der Waals surface area contributed by atoms with Gasteiger partial charge in [0.1, 0.15) is 6.04 Å². The van der Waals surface area contributed by atoms with Crippen molar-refractivity contribution >= 4 is 17.6 Å². The van der Waals surface area contributed by atoms with Crippen molar-refractivity contribution in [3.05, 3.63) is 16.9 Å². The van der Waals surface area contributed by atoms with Crippen LogP contribution in [0.1, 0.15) is 19.0 Å². The molecule has 2 N–H and O–H groups in total. The van der Waals surface area contributed by atoms with Crippen LogP contribution in [0.3, 0.4) is 0 Å². The SMILES string of the molecule is CCNC(CCn1ncc(Cl)c1C)C(=O)O. The molecule has 0 aliphatic rings. The Labute approximate surface area is 99.4 Å². The van der Waals surface area contributed by atoms with Crippen molar-refractivity contribution in [2.75, 3.05) is 6.54 Å². The molecule has 1 aromatic rings. The van der Waals surface area contributed by atoms with E-state index >= 15 is 0 Å². The van der Waals surface area contributed by atoms with E-state index in [0.717, 1.165) is 5.69 Å². The second-order valence-electron chi connectivity index (χ2n) is 3.54. The summed E-state index contributed by atoms with van der Waals surface area (Å²) in [5, 5.41) is 16.5. The molecule has 0 aromatic carbocycles. The van der Waals surface area contributed by atoms with Gasteiger partial charge in [0.05, 0.1) is 16.9 Å². The number of nitrogens with one attached hydrogen (secondary N) is 1. The summed E-state index contributed by atoms with van der Waals surface area (Å²) in [6.07, 6.45) is 2.06. The maximum absolute atomic E-state index is 10.9. The molecule has 1 rings (SSSR count). The van der Waals surface area contributed by atoms with Gasteiger partial charge >= 0.3 is 5.97 Å². The van der Waals surface area contributed by atoms with Gasteiger partial charge in [-0.2, -0.15) is 5.10 Å². The summed E-state index contributed by atoms with van der Waals surface area (Å²) >= 11 is 5.85. The van der Waals surface area contributed by atoms with E-state index in [-0.39, 0.29) is 0 Å². The fraction of sp³-hybridized carbons (Fsp3) is 0.600. The Kier molecular flexibility index (Phi) is 4.76. The van der Waals surface area contributed by atoms with Crippen molar-refractivity contribution in [2.24, 2.45) is 0 Å². The zero-order valence-electron chi connectivity index (χ0n) is 9.40. The molecule has 0 spiro atoms. The van der Waals surface area contributed by atoms with Crippen molar-refractivity contribution in [1.29, 1.82) is 0 Å². The van der Waals surface area contributed by atoms with Crippen molar-refractivity contribution in [1.82, 2.24) is 15.1 Å². The van der Waals surface area contributed by atoms with Crippen LogP contribution in [0.4, 0.5) is 0 Å². The molecule has 90 valence electrons. The number of aliphatic carboxylic acids is 1. The quantitative estimate of drug-likeness (QED) is 0.793. The van der Waals surface area contributed by atoms with Gasteiger partial charge < -0.3 is 10.4 Å². The first-order valence-corrected chi connectivity index (χ1v) is 5.58. The summed E-state index contributed by atoms with van der Waals surface area (Å²) in [6.45, 7) is 4.92. The van der Waals surface area contributed by atoms with Gasteiger partial charge in [-0.05, 0) is 19.9 Å². The number of likely N-dealkylation sites (N-methyl/N-ethyl adjacent to an activating group) is 1. The van der Waals surface area contributed by atoms with E-state index in [0.29, 0.717) is 24.5 Å². The first-order valence-electron chi connectivity index (χ1n) is 5.20. The molecular weight excluding hydrogens is 230 g/mol. The Morgan fingerprint density at radius 2 is 2.44 bits per heavy atom. The van der Waals surface area contributed by atoms with Gasteiger partial charge in [0.15, 0.2) is 0 Å². The maximum atomic E-state index is 10.9. The second kappa shape index (κ2) is 5.86. The number of carboxylic acids is 1. The third kappa shape index (κ3) is 3.21. The monoisotopic (exact) mass is 245 g/mol. The summed E-state index contributed by atoms with van der Waals surface area (Å²) in [6, 6.07) is -0.535. The minimum Gasteiger partial charge on any atom is -0.480 e. The number of aromatic nitrogens is 2. The van der Waals surface area contributed by atoms with Crippen LogP contribution in [0.2, 0.25) is 5.02 Å². The van der Waals surface area contributed by atoms with Gasteiger partial charge in [0.25, 0.3) is 0 Å². The summed E-state index contributed by atoms with van der Waals surface area (Å²) in [4.78, 5) is 10.9. The standard InChI is InChI=1S/C10H16ClN3O2/c1-3-12-9(10(15)16)4-5-14-7(2)8(11)6-13-14/h6,9,12H,3-5H2,1-2H3,(H,15,16). The Morgan fingerprint density at radius 1 is 1.75 bits per heavy atom. The van der Waals surface area contributed by atoms with E-state index in [1.54, 1.807) is 10.9 Å². The number of carboxylic acid groups (broad SMARTS) is 1. The van der Waals surface area contributed by atoms with Crippen molar-refractivity contribution in [3.63, 3.8) is 0 Å². The zero-order valence-corrected chi connectivity index (χ0v) is 10.2. The molecule has 1 heterocycles. The fourth-order valence-electron chi connectivity index (χ4n) is 1.46. The highest BCUT2D eigenvalue weighted by atomic mass is 35.5. The van der Waals surface area contributed by atoms with E-state index in [2.05, 4.69) is 10.4 Å². The highest BCUT2D eigenvalue weighted by molar-refractivity contribution is 6.31. The van der Waals surface area contributed by atoms with Crippen LogP contribution in [0.15, 0.2) is 6.20 Å². The Hall–Kier alpha value is -1.07. The van der Waals surface area contributed by atoms with E-state index in [1.165, 1.54) is 0 Å². The minimum absolute atomic E-state index is 0.488. The lowest BCUT2D eigenvalue weighted by molar-refractivity contribution is -0.139. The lowest BCUT2D eigenvalue weighted by Crippen LogP contribution is -2.37. The average Bonchev–Trinajstić information content (AvgIpc) is 2.55. The van der Waals surface area contributed by atoms with Crippen LogP contribution in [-0.2, 0) is 11.3 Å². The fourth-order valence-corrected chi connectivity index (χ4v) is 1.60. The molecule has 1 unspecified atom stereocenters. The van der Waals surface area contributed by atoms with Crippen LogP contribution in [0.5, 0.6) is 0 Å². The van der Waals surface area contributed by atoms with Crippen LogP contribution in [0, 0.1) is 6.92 Å². The van der Waals surface area contributed by atoms with E-state index in [4.69, 9.17) is 16.7 Å². The molecule has 0 aliphatic heterocycles. The maximum Gasteiger partial charge on any atom is 0.320 e. The summed E-state index contributed by atoms with van der Waals surface area (Å²) in [5.41, 5.74) is 0.863. The predicted molar refractivity (Wildman–Crippen MR) is 61.7 cm³/mol. The minimum atomic E-state index is -0.835. The third-order valence-electron chi connectivity index (χ3n) is 2.42. The molecule has 0 saturated carbocycles. The normalized spacial score (nSPS) is 12.7. The van der Waals surface area contributed by atoms with Crippen LogP contribution in [-0.4, -0.2) is 33.4 Å². The average molecular weight is 246 g/mol. The summed E-state index contributed by atoms with van der Waals surface area (Å²) in [7, 11) is 0. The highest BCUT2D eigenvalue weighted by Gasteiger charge is 2.16. The van der Waals surface area contributed by atoms with Crippen LogP contribution >= 0.6 is 11.6 Å². The molecule has 6 heteroatoms. The number of halogens is 1.